The first-order chi connectivity index (χ1) is 17.7. The average Bonchev–Trinajstić information content (AvgIpc) is 3.29. The first-order valence-corrected chi connectivity index (χ1v) is 12.6. The first-order valence-electron chi connectivity index (χ1n) is 12.6. The Bertz CT molecular complexity index is 1130. The number of alkyl halides is 1. The van der Waals surface area contributed by atoms with Gasteiger partial charge in [-0.1, -0.05) is 18.7 Å². The Morgan fingerprint density at radius 1 is 1.22 bits per heavy atom. The summed E-state index contributed by atoms with van der Waals surface area (Å²) in [5.41, 5.74) is 1.54. The quantitative estimate of drug-likeness (QED) is 0.417. The molecule has 0 aromatic heterocycles. The highest BCUT2D eigenvalue weighted by Crippen LogP contribution is 2.27. The van der Waals surface area contributed by atoms with E-state index in [-0.39, 0.29) is 37.4 Å². The number of carbonyl (C=O) groups excluding carboxylic acids is 2. The number of nitrogens with one attached hydrogen (secondary N) is 1. The molecule has 4 rings (SSSR count). The van der Waals surface area contributed by atoms with Gasteiger partial charge in [0.25, 0.3) is 5.91 Å². The molecule has 1 heterocycles. The molecule has 2 aromatic rings. The van der Waals surface area contributed by atoms with Gasteiger partial charge in [-0.05, 0) is 73.7 Å². The number of halogens is 2. The van der Waals surface area contributed by atoms with Gasteiger partial charge in [-0.2, -0.15) is 0 Å². The van der Waals surface area contributed by atoms with Crippen LogP contribution in [0.4, 0.5) is 8.78 Å². The number of nitrogens with zero attached hydrogens (tertiary/aromatic N) is 2. The van der Waals surface area contributed by atoms with Crippen LogP contribution in [0.1, 0.15) is 46.9 Å². The maximum atomic E-state index is 14.7. The van der Waals surface area contributed by atoms with E-state index in [0.29, 0.717) is 35.4 Å². The molecule has 2 amide bonds. The minimum atomic E-state index is -1.48. The van der Waals surface area contributed by atoms with Crippen LogP contribution >= 0.6 is 0 Å². The maximum absolute atomic E-state index is 14.7. The van der Waals surface area contributed by atoms with Gasteiger partial charge in [-0.25, -0.2) is 8.78 Å². The fourth-order valence-corrected chi connectivity index (χ4v) is 4.79. The number of amides is 2. The maximum Gasteiger partial charge on any atom is 0.251 e. The van der Waals surface area contributed by atoms with E-state index in [4.69, 9.17) is 4.74 Å². The lowest BCUT2D eigenvalue weighted by Gasteiger charge is -2.38. The molecule has 2 N–H and O–H groups in total. The van der Waals surface area contributed by atoms with Gasteiger partial charge in [0.2, 0.25) is 5.91 Å². The number of carbonyl (C=O) groups is 2. The zero-order valence-corrected chi connectivity index (χ0v) is 20.9. The Balaban J connectivity index is 1.46. The van der Waals surface area contributed by atoms with E-state index in [1.54, 1.807) is 43.3 Å². The van der Waals surface area contributed by atoms with Gasteiger partial charge in [0.15, 0.2) is 6.30 Å². The molecule has 0 bridgehead atoms. The van der Waals surface area contributed by atoms with Crippen molar-refractivity contribution in [3.63, 3.8) is 0 Å². The summed E-state index contributed by atoms with van der Waals surface area (Å²) in [7, 11) is 0. The number of ether oxygens (including phenoxy) is 1. The zero-order valence-electron chi connectivity index (χ0n) is 20.9. The summed E-state index contributed by atoms with van der Waals surface area (Å²) in [6.07, 6.45) is 0.789. The molecular weight excluding hydrogens is 480 g/mol. The van der Waals surface area contributed by atoms with Crippen LogP contribution in [0.3, 0.4) is 0 Å². The molecule has 7 nitrogen and oxygen atoms in total. The number of aliphatic hydroxyl groups excluding tert-OH is 1. The number of piperazine rings is 1. The number of aryl methyl sites for hydroxylation is 1. The lowest BCUT2D eigenvalue weighted by Crippen LogP contribution is -2.53. The molecule has 1 saturated heterocycles. The monoisotopic (exact) mass is 513 g/mol. The topological polar surface area (TPSA) is 82.1 Å². The molecule has 0 spiro atoms. The Morgan fingerprint density at radius 3 is 2.59 bits per heavy atom. The number of benzene rings is 2. The second kappa shape index (κ2) is 11.8. The SMILES string of the molecule is C=CC(=O)N1CCN(C[C@@H](Oc2ccc(C(=O)N[C@H]3CCC[C@H]3O)cc2)c2ccc(C)c(F)c2)C[C@H]1F. The third kappa shape index (κ3) is 6.53. The van der Waals surface area contributed by atoms with Crippen LogP contribution in [-0.2, 0) is 4.79 Å². The molecule has 2 aromatic carbocycles. The van der Waals surface area contributed by atoms with Crippen LogP contribution in [0.25, 0.3) is 0 Å². The Morgan fingerprint density at radius 2 is 1.97 bits per heavy atom. The van der Waals surface area contributed by atoms with Gasteiger partial charge in [0.1, 0.15) is 17.7 Å². The predicted molar refractivity (Wildman–Crippen MR) is 135 cm³/mol. The van der Waals surface area contributed by atoms with Crippen LogP contribution in [-0.4, -0.2) is 71.3 Å². The average molecular weight is 514 g/mol. The number of hydrogen-bond donors (Lipinski definition) is 2. The molecule has 2 fully saturated rings. The summed E-state index contributed by atoms with van der Waals surface area (Å²) in [6, 6.07) is 11.2. The van der Waals surface area contributed by atoms with Gasteiger partial charge in [0, 0.05) is 31.7 Å². The van der Waals surface area contributed by atoms with Crippen molar-refractivity contribution < 1.29 is 28.2 Å². The van der Waals surface area contributed by atoms with Crippen molar-refractivity contribution in [1.29, 1.82) is 0 Å². The van der Waals surface area contributed by atoms with Crippen molar-refractivity contribution in [3.05, 3.63) is 77.6 Å². The van der Waals surface area contributed by atoms with E-state index < -0.39 is 24.4 Å². The van der Waals surface area contributed by atoms with E-state index in [1.807, 2.05) is 4.90 Å². The molecular formula is C28H33F2N3O4. The van der Waals surface area contributed by atoms with Crippen molar-refractivity contribution >= 4 is 11.8 Å². The number of aliphatic hydroxyl groups is 1. The van der Waals surface area contributed by atoms with Gasteiger partial charge in [-0.3, -0.25) is 14.5 Å². The minimum absolute atomic E-state index is 0.0000888. The van der Waals surface area contributed by atoms with Crippen LogP contribution in [0, 0.1) is 12.7 Å². The molecule has 1 saturated carbocycles. The fourth-order valence-electron chi connectivity index (χ4n) is 4.79. The molecule has 0 radical (unpaired) electrons. The van der Waals surface area contributed by atoms with Gasteiger partial charge < -0.3 is 20.1 Å². The molecule has 2 aliphatic rings. The van der Waals surface area contributed by atoms with E-state index in [1.165, 1.54) is 6.07 Å². The molecule has 4 atom stereocenters. The summed E-state index contributed by atoms with van der Waals surface area (Å²) >= 11 is 0. The summed E-state index contributed by atoms with van der Waals surface area (Å²) in [5.74, 6) is -0.611. The normalized spacial score (nSPS) is 22.9. The van der Waals surface area contributed by atoms with Crippen LogP contribution in [0.15, 0.2) is 55.1 Å². The lowest BCUT2D eigenvalue weighted by atomic mass is 10.1. The van der Waals surface area contributed by atoms with Crippen molar-refractivity contribution in [2.75, 3.05) is 26.2 Å². The van der Waals surface area contributed by atoms with Crippen molar-refractivity contribution in [1.82, 2.24) is 15.1 Å². The van der Waals surface area contributed by atoms with Crippen LogP contribution in [0.5, 0.6) is 5.75 Å². The fraction of sp³-hybridized carbons (Fsp3) is 0.429. The highest BCUT2D eigenvalue weighted by atomic mass is 19.1. The van der Waals surface area contributed by atoms with Gasteiger partial charge in [-0.15, -0.1) is 0 Å². The predicted octanol–water partition coefficient (Wildman–Crippen LogP) is 3.52. The molecule has 9 heteroatoms. The summed E-state index contributed by atoms with van der Waals surface area (Å²) in [5, 5.41) is 12.8. The standard InChI is InChI=1S/C28H33F2N3O4/c1-3-27(35)33-14-13-32(17-26(33)30)16-25(20-8-7-18(2)22(29)15-20)37-21-11-9-19(10-12-21)28(36)31-23-5-4-6-24(23)34/h3,7-12,15,23-26,34H,1,4-6,13-14,16-17H2,2H3,(H,31,36)/t23-,24+,25+,26-/m0/s1. The van der Waals surface area contributed by atoms with Crippen LogP contribution in [0.2, 0.25) is 0 Å². The van der Waals surface area contributed by atoms with E-state index in [2.05, 4.69) is 11.9 Å². The van der Waals surface area contributed by atoms with Crippen molar-refractivity contribution in [3.8, 4) is 5.75 Å². The van der Waals surface area contributed by atoms with Crippen LogP contribution < -0.4 is 10.1 Å². The second-order valence-electron chi connectivity index (χ2n) is 9.65. The Hall–Kier alpha value is -3.30. The molecule has 0 unspecified atom stereocenters. The summed E-state index contributed by atoms with van der Waals surface area (Å²) < 4.78 is 35.3. The lowest BCUT2D eigenvalue weighted by molar-refractivity contribution is -0.136. The highest BCUT2D eigenvalue weighted by molar-refractivity contribution is 5.94. The minimum Gasteiger partial charge on any atom is -0.484 e. The molecule has 1 aliphatic heterocycles. The van der Waals surface area contributed by atoms with Crippen molar-refractivity contribution in [2.45, 2.75) is 50.7 Å². The molecule has 1 aliphatic carbocycles. The van der Waals surface area contributed by atoms with E-state index in [0.717, 1.165) is 23.8 Å². The van der Waals surface area contributed by atoms with Gasteiger partial charge >= 0.3 is 0 Å². The first kappa shape index (κ1) is 26.8. The highest BCUT2D eigenvalue weighted by Gasteiger charge is 2.31. The summed E-state index contributed by atoms with van der Waals surface area (Å²) in [6.45, 7) is 6.01. The Kier molecular flexibility index (Phi) is 8.56. The smallest absolute Gasteiger partial charge is 0.251 e. The number of rotatable bonds is 8. The molecule has 198 valence electrons. The second-order valence-corrected chi connectivity index (χ2v) is 9.65. The zero-order chi connectivity index (χ0) is 26.5. The summed E-state index contributed by atoms with van der Waals surface area (Å²) in [4.78, 5) is 27.4. The molecule has 37 heavy (non-hydrogen) atoms. The third-order valence-corrected chi connectivity index (χ3v) is 7.04. The van der Waals surface area contributed by atoms with Gasteiger partial charge in [0.05, 0.1) is 12.1 Å². The number of hydrogen-bond acceptors (Lipinski definition) is 5. The Labute approximate surface area is 215 Å². The van der Waals surface area contributed by atoms with E-state index in [9.17, 15) is 23.5 Å². The largest absolute Gasteiger partial charge is 0.484 e. The van der Waals surface area contributed by atoms with E-state index >= 15 is 0 Å². The van der Waals surface area contributed by atoms with Crippen molar-refractivity contribution in [2.24, 2.45) is 0 Å². The third-order valence-electron chi connectivity index (χ3n) is 7.04.